The fraction of sp³-hybridized carbons (Fsp3) is 0.429. The van der Waals surface area contributed by atoms with Gasteiger partial charge in [-0.2, -0.15) is 0 Å². The lowest BCUT2D eigenvalue weighted by Gasteiger charge is -2.11. The first-order valence-corrected chi connectivity index (χ1v) is 8.44. The molecule has 3 rings (SSSR count). The van der Waals surface area contributed by atoms with Gasteiger partial charge in [0.25, 0.3) is 0 Å². The largest absolute Gasteiger partial charge is 0.461 e. The molecule has 0 aliphatic carbocycles. The summed E-state index contributed by atoms with van der Waals surface area (Å²) in [5.41, 5.74) is 0.481. The van der Waals surface area contributed by atoms with Crippen molar-refractivity contribution in [1.82, 2.24) is 8.87 Å². The lowest BCUT2D eigenvalue weighted by Crippen LogP contribution is -2.24. The Bertz CT molecular complexity index is 940. The van der Waals surface area contributed by atoms with Crippen molar-refractivity contribution >= 4 is 27.1 Å². The number of hydrogen-bond donors (Lipinski definition) is 0. The standard InChI is InChI=1S/C14H16N2O6S/c1-8-6-11(13(17)21-8)16-10-5-4-9(23(19,20)15(2)3)7-12(10)22-14(16)18/h4-5,7-8,11H,6H2,1-3H3/t8-,11+/m0/s1. The van der Waals surface area contributed by atoms with E-state index in [0.29, 0.717) is 11.9 Å². The van der Waals surface area contributed by atoms with Crippen molar-refractivity contribution in [2.24, 2.45) is 0 Å². The Balaban J connectivity index is 2.15. The second-order valence-corrected chi connectivity index (χ2v) is 7.81. The average molecular weight is 340 g/mol. The summed E-state index contributed by atoms with van der Waals surface area (Å²) < 4.78 is 36.8. The molecule has 2 atom stereocenters. The van der Waals surface area contributed by atoms with Crippen LogP contribution in [0, 0.1) is 0 Å². The molecule has 1 aromatic carbocycles. The van der Waals surface area contributed by atoms with Crippen LogP contribution in [0.15, 0.2) is 32.3 Å². The molecule has 23 heavy (non-hydrogen) atoms. The SMILES string of the molecule is C[C@H]1C[C@@H](n2c(=O)oc3cc(S(=O)(=O)N(C)C)ccc32)C(=O)O1. The van der Waals surface area contributed by atoms with E-state index < -0.39 is 27.8 Å². The number of nitrogens with zero attached hydrogens (tertiary/aromatic N) is 2. The second-order valence-electron chi connectivity index (χ2n) is 5.65. The van der Waals surface area contributed by atoms with E-state index in [1.807, 2.05) is 0 Å². The lowest BCUT2D eigenvalue weighted by atomic mass is 10.2. The van der Waals surface area contributed by atoms with Crippen LogP contribution in [0.1, 0.15) is 19.4 Å². The van der Waals surface area contributed by atoms with Gasteiger partial charge in [0.15, 0.2) is 5.58 Å². The Morgan fingerprint density at radius 2 is 1.96 bits per heavy atom. The van der Waals surface area contributed by atoms with Crippen LogP contribution in [-0.2, 0) is 19.6 Å². The van der Waals surface area contributed by atoms with Crippen molar-refractivity contribution in [1.29, 1.82) is 0 Å². The Morgan fingerprint density at radius 1 is 1.26 bits per heavy atom. The number of cyclic esters (lactones) is 1. The molecule has 2 aromatic rings. The van der Waals surface area contributed by atoms with Gasteiger partial charge in [0.05, 0.1) is 10.4 Å². The van der Waals surface area contributed by atoms with Gasteiger partial charge < -0.3 is 9.15 Å². The van der Waals surface area contributed by atoms with Gasteiger partial charge >= 0.3 is 11.7 Å². The number of ether oxygens (including phenoxy) is 1. The van der Waals surface area contributed by atoms with Crippen LogP contribution >= 0.6 is 0 Å². The number of carbonyl (C=O) groups is 1. The third-order valence-electron chi connectivity index (χ3n) is 3.82. The highest BCUT2D eigenvalue weighted by atomic mass is 32.2. The number of fused-ring (bicyclic) bond motifs is 1. The van der Waals surface area contributed by atoms with Crippen molar-refractivity contribution < 1.29 is 22.4 Å². The minimum Gasteiger partial charge on any atom is -0.461 e. The highest BCUT2D eigenvalue weighted by molar-refractivity contribution is 7.89. The Morgan fingerprint density at radius 3 is 2.52 bits per heavy atom. The van der Waals surface area contributed by atoms with Crippen molar-refractivity contribution in [3.8, 4) is 0 Å². The van der Waals surface area contributed by atoms with Crippen LogP contribution in [-0.4, -0.2) is 43.5 Å². The molecule has 0 radical (unpaired) electrons. The second kappa shape index (κ2) is 5.20. The Labute approximate surface area is 132 Å². The minimum absolute atomic E-state index is 0.0123. The number of oxazole rings is 1. The third-order valence-corrected chi connectivity index (χ3v) is 5.63. The van der Waals surface area contributed by atoms with E-state index in [4.69, 9.17) is 9.15 Å². The summed E-state index contributed by atoms with van der Waals surface area (Å²) in [6.07, 6.45) is 0.0863. The predicted molar refractivity (Wildman–Crippen MR) is 80.6 cm³/mol. The molecule has 1 fully saturated rings. The van der Waals surface area contributed by atoms with Crippen LogP contribution in [0.4, 0.5) is 0 Å². The first-order valence-electron chi connectivity index (χ1n) is 7.00. The summed E-state index contributed by atoms with van der Waals surface area (Å²) in [5, 5.41) is 0. The maximum Gasteiger partial charge on any atom is 0.420 e. The van der Waals surface area contributed by atoms with Gasteiger partial charge in [-0.25, -0.2) is 22.3 Å². The molecule has 1 aliphatic heterocycles. The number of hydrogen-bond acceptors (Lipinski definition) is 6. The van der Waals surface area contributed by atoms with Gasteiger partial charge in [-0.1, -0.05) is 0 Å². The number of carbonyl (C=O) groups excluding carboxylic acids is 1. The summed E-state index contributed by atoms with van der Waals surface area (Å²) in [4.78, 5) is 24.0. The normalized spacial score (nSPS) is 22.0. The van der Waals surface area contributed by atoms with Gasteiger partial charge in [-0.15, -0.1) is 0 Å². The van der Waals surface area contributed by atoms with Gasteiger partial charge in [-0.05, 0) is 19.1 Å². The van der Waals surface area contributed by atoms with Gasteiger partial charge in [0, 0.05) is 26.6 Å². The zero-order valence-electron chi connectivity index (χ0n) is 12.8. The molecule has 0 bridgehead atoms. The predicted octanol–water partition coefficient (Wildman–Crippen LogP) is 0.721. The number of benzene rings is 1. The van der Waals surface area contributed by atoms with E-state index >= 15 is 0 Å². The maximum absolute atomic E-state index is 12.1. The van der Waals surface area contributed by atoms with Gasteiger partial charge in [-0.3, -0.25) is 4.57 Å². The summed E-state index contributed by atoms with van der Waals surface area (Å²) in [6, 6.07) is 3.38. The molecule has 2 heterocycles. The Hall–Kier alpha value is -2.13. The Kier molecular flexibility index (Phi) is 3.56. The molecule has 0 N–H and O–H groups in total. The number of sulfonamides is 1. The van der Waals surface area contributed by atoms with Crippen molar-refractivity contribution in [2.45, 2.75) is 30.4 Å². The third kappa shape index (κ3) is 2.45. The number of rotatable bonds is 3. The quantitative estimate of drug-likeness (QED) is 0.764. The van der Waals surface area contributed by atoms with E-state index in [-0.39, 0.29) is 16.6 Å². The molecule has 1 aromatic heterocycles. The molecule has 0 unspecified atom stereocenters. The zero-order valence-corrected chi connectivity index (χ0v) is 13.7. The molecule has 0 amide bonds. The molecular formula is C14H16N2O6S. The molecule has 124 valence electrons. The number of aromatic nitrogens is 1. The van der Waals surface area contributed by atoms with E-state index in [2.05, 4.69) is 0 Å². The fourth-order valence-electron chi connectivity index (χ4n) is 2.63. The molecule has 0 saturated carbocycles. The zero-order chi connectivity index (χ0) is 16.9. The molecule has 0 spiro atoms. The van der Waals surface area contributed by atoms with E-state index in [0.717, 1.165) is 4.31 Å². The van der Waals surface area contributed by atoms with Gasteiger partial charge in [0.1, 0.15) is 12.1 Å². The van der Waals surface area contributed by atoms with Crippen molar-refractivity contribution in [3.05, 3.63) is 28.7 Å². The van der Waals surface area contributed by atoms with Crippen LogP contribution in [0.2, 0.25) is 0 Å². The van der Waals surface area contributed by atoms with Crippen molar-refractivity contribution in [2.75, 3.05) is 14.1 Å². The molecule has 8 nitrogen and oxygen atoms in total. The first-order chi connectivity index (χ1) is 10.7. The first kappa shape index (κ1) is 15.8. The summed E-state index contributed by atoms with van der Waals surface area (Å²) in [6.45, 7) is 1.74. The highest BCUT2D eigenvalue weighted by Crippen LogP contribution is 2.29. The molecule has 9 heteroatoms. The topological polar surface area (TPSA) is 98.8 Å². The van der Waals surface area contributed by atoms with Crippen LogP contribution in [0.3, 0.4) is 0 Å². The highest BCUT2D eigenvalue weighted by Gasteiger charge is 2.36. The molecular weight excluding hydrogens is 324 g/mol. The van der Waals surface area contributed by atoms with Crippen molar-refractivity contribution in [3.63, 3.8) is 0 Å². The summed E-state index contributed by atoms with van der Waals surface area (Å²) >= 11 is 0. The van der Waals surface area contributed by atoms with E-state index in [9.17, 15) is 18.0 Å². The molecule has 1 aliphatic rings. The smallest absolute Gasteiger partial charge is 0.420 e. The van der Waals surface area contributed by atoms with Crippen LogP contribution in [0.25, 0.3) is 11.1 Å². The summed E-state index contributed by atoms with van der Waals surface area (Å²) in [5.74, 6) is -1.21. The minimum atomic E-state index is -3.64. The van der Waals surface area contributed by atoms with Gasteiger partial charge in [0.2, 0.25) is 10.0 Å². The number of esters is 1. The monoisotopic (exact) mass is 340 g/mol. The molecule has 1 saturated heterocycles. The summed E-state index contributed by atoms with van der Waals surface area (Å²) in [7, 11) is -0.813. The fourth-order valence-corrected chi connectivity index (χ4v) is 3.55. The van der Waals surface area contributed by atoms with Crippen LogP contribution in [0.5, 0.6) is 0 Å². The average Bonchev–Trinajstić information content (AvgIpc) is 2.95. The van der Waals surface area contributed by atoms with Crippen LogP contribution < -0.4 is 5.76 Å². The van der Waals surface area contributed by atoms with E-state index in [1.54, 1.807) is 6.92 Å². The lowest BCUT2D eigenvalue weighted by molar-refractivity contribution is -0.143. The maximum atomic E-state index is 12.1. The van der Waals surface area contributed by atoms with E-state index in [1.165, 1.54) is 36.9 Å².